The van der Waals surface area contributed by atoms with E-state index < -0.39 is 0 Å². The van der Waals surface area contributed by atoms with E-state index in [2.05, 4.69) is 10.8 Å². The van der Waals surface area contributed by atoms with Crippen molar-refractivity contribution in [2.24, 2.45) is 0 Å². The first kappa shape index (κ1) is 6.99. The lowest BCUT2D eigenvalue weighted by Crippen LogP contribution is -2.11. The summed E-state index contributed by atoms with van der Waals surface area (Å²) in [6.07, 6.45) is 6.68. The van der Waals surface area contributed by atoms with Crippen molar-refractivity contribution in [2.45, 2.75) is 6.42 Å². The molecule has 1 amide bonds. The fourth-order valence-electron chi connectivity index (χ4n) is 0.190. The maximum absolute atomic E-state index is 9.36. The second kappa shape index (κ2) is 5.99. The van der Waals surface area contributed by atoms with E-state index in [1.165, 1.54) is 6.41 Å². The van der Waals surface area contributed by atoms with Crippen LogP contribution < -0.4 is 5.48 Å². The van der Waals surface area contributed by atoms with Crippen LogP contribution in [0.25, 0.3) is 0 Å². The van der Waals surface area contributed by atoms with Gasteiger partial charge in [0.25, 0.3) is 0 Å². The van der Waals surface area contributed by atoms with E-state index in [1.807, 2.05) is 5.48 Å². The SMILES string of the molecule is C#CCCON[C]=O. The van der Waals surface area contributed by atoms with E-state index in [0.717, 1.165) is 0 Å². The van der Waals surface area contributed by atoms with Gasteiger partial charge in [0.2, 0.25) is 0 Å². The molecule has 0 spiro atoms. The molecule has 0 aromatic rings. The fourth-order valence-corrected chi connectivity index (χ4v) is 0.190. The van der Waals surface area contributed by atoms with E-state index in [-0.39, 0.29) is 0 Å². The minimum Gasteiger partial charge on any atom is -0.272 e. The van der Waals surface area contributed by atoms with Gasteiger partial charge in [0.05, 0.1) is 6.61 Å². The number of hydrogen-bond donors (Lipinski definition) is 1. The molecular weight excluding hydrogens is 106 g/mol. The van der Waals surface area contributed by atoms with Crippen molar-refractivity contribution < 1.29 is 9.63 Å². The zero-order valence-corrected chi connectivity index (χ0v) is 4.31. The molecule has 0 saturated heterocycles. The van der Waals surface area contributed by atoms with Crippen molar-refractivity contribution in [3.05, 3.63) is 0 Å². The number of hydroxylamine groups is 1. The van der Waals surface area contributed by atoms with Gasteiger partial charge in [-0.1, -0.05) is 0 Å². The number of amides is 1. The first-order valence-corrected chi connectivity index (χ1v) is 2.09. The van der Waals surface area contributed by atoms with E-state index >= 15 is 0 Å². The van der Waals surface area contributed by atoms with Crippen LogP contribution in [0, 0.1) is 12.3 Å². The summed E-state index contributed by atoms with van der Waals surface area (Å²) in [6, 6.07) is 0. The van der Waals surface area contributed by atoms with Crippen LogP contribution in [0.2, 0.25) is 0 Å². The van der Waals surface area contributed by atoms with Gasteiger partial charge in [-0.05, 0) is 0 Å². The molecule has 0 aliphatic rings. The van der Waals surface area contributed by atoms with Gasteiger partial charge in [0.1, 0.15) is 0 Å². The second-order valence-corrected chi connectivity index (χ2v) is 1.01. The summed E-state index contributed by atoms with van der Waals surface area (Å²) < 4.78 is 0. The molecule has 8 heavy (non-hydrogen) atoms. The lowest BCUT2D eigenvalue weighted by molar-refractivity contribution is 0.0878. The molecule has 0 atom stereocenters. The minimum atomic E-state index is 0.339. The van der Waals surface area contributed by atoms with Gasteiger partial charge in [-0.25, -0.2) is 5.48 Å². The normalized spacial score (nSPS) is 7.38. The van der Waals surface area contributed by atoms with Gasteiger partial charge in [-0.15, -0.1) is 12.3 Å². The van der Waals surface area contributed by atoms with Crippen LogP contribution in [0.1, 0.15) is 6.42 Å². The molecule has 0 bridgehead atoms. The summed E-state index contributed by atoms with van der Waals surface area (Å²) in [4.78, 5) is 13.8. The van der Waals surface area contributed by atoms with Gasteiger partial charge in [-0.2, -0.15) is 0 Å². The van der Waals surface area contributed by atoms with E-state index in [4.69, 9.17) is 6.42 Å². The van der Waals surface area contributed by atoms with Crippen molar-refractivity contribution in [3.8, 4) is 12.3 Å². The average molecular weight is 112 g/mol. The first-order valence-electron chi connectivity index (χ1n) is 2.09. The molecule has 0 aliphatic carbocycles. The summed E-state index contributed by atoms with van der Waals surface area (Å²) >= 11 is 0. The Morgan fingerprint density at radius 3 is 3.00 bits per heavy atom. The minimum absolute atomic E-state index is 0.339. The first-order chi connectivity index (χ1) is 3.91. The second-order valence-electron chi connectivity index (χ2n) is 1.01. The Bertz CT molecular complexity index is 95.1. The van der Waals surface area contributed by atoms with Crippen molar-refractivity contribution >= 4 is 6.41 Å². The molecule has 0 aromatic carbocycles. The Balaban J connectivity index is 2.74. The van der Waals surface area contributed by atoms with Gasteiger partial charge in [0, 0.05) is 6.42 Å². The third-order valence-corrected chi connectivity index (χ3v) is 0.462. The quantitative estimate of drug-likeness (QED) is 0.232. The molecule has 43 valence electrons. The van der Waals surface area contributed by atoms with Gasteiger partial charge < -0.3 is 0 Å². The van der Waals surface area contributed by atoms with Crippen LogP contribution >= 0.6 is 0 Å². The predicted molar refractivity (Wildman–Crippen MR) is 28.2 cm³/mol. The zero-order chi connectivity index (χ0) is 6.24. The molecule has 0 unspecified atom stereocenters. The molecule has 0 fully saturated rings. The van der Waals surface area contributed by atoms with Crippen LogP contribution in [-0.4, -0.2) is 13.0 Å². The van der Waals surface area contributed by atoms with E-state index in [9.17, 15) is 4.79 Å². The Labute approximate surface area is 48.0 Å². The van der Waals surface area contributed by atoms with Crippen molar-refractivity contribution in [1.82, 2.24) is 5.48 Å². The Morgan fingerprint density at radius 2 is 2.50 bits per heavy atom. The summed E-state index contributed by atoms with van der Waals surface area (Å²) in [7, 11) is 0. The van der Waals surface area contributed by atoms with Crippen LogP contribution in [0.15, 0.2) is 0 Å². The summed E-state index contributed by atoms with van der Waals surface area (Å²) in [5.41, 5.74) is 1.88. The summed E-state index contributed by atoms with van der Waals surface area (Å²) in [5.74, 6) is 2.33. The molecule has 0 aliphatic heterocycles. The molecular formula is C5H6NO2. The zero-order valence-electron chi connectivity index (χ0n) is 4.31. The number of carbonyl (C=O) groups excluding carboxylic acids is 1. The molecule has 1 N–H and O–H groups in total. The number of terminal acetylenes is 1. The fraction of sp³-hybridized carbons (Fsp3) is 0.400. The van der Waals surface area contributed by atoms with Crippen LogP contribution in [0.5, 0.6) is 0 Å². The number of rotatable bonds is 4. The van der Waals surface area contributed by atoms with Crippen molar-refractivity contribution in [1.29, 1.82) is 0 Å². The molecule has 3 nitrogen and oxygen atoms in total. The molecule has 3 heteroatoms. The van der Waals surface area contributed by atoms with Crippen molar-refractivity contribution in [2.75, 3.05) is 6.61 Å². The van der Waals surface area contributed by atoms with Crippen LogP contribution in [0.3, 0.4) is 0 Å². The predicted octanol–water partition coefficient (Wildman–Crippen LogP) is -0.402. The third-order valence-electron chi connectivity index (χ3n) is 0.462. The monoisotopic (exact) mass is 112 g/mol. The Morgan fingerprint density at radius 1 is 1.75 bits per heavy atom. The van der Waals surface area contributed by atoms with Crippen molar-refractivity contribution in [3.63, 3.8) is 0 Å². The topological polar surface area (TPSA) is 38.3 Å². The maximum Gasteiger partial charge on any atom is 0.335 e. The smallest absolute Gasteiger partial charge is 0.272 e. The molecule has 1 radical (unpaired) electrons. The highest BCUT2D eigenvalue weighted by molar-refractivity contribution is 5.44. The summed E-state index contributed by atoms with van der Waals surface area (Å²) in [6.45, 7) is 0.339. The van der Waals surface area contributed by atoms with Gasteiger partial charge >= 0.3 is 6.41 Å². The number of nitrogens with one attached hydrogen (secondary N) is 1. The number of hydrogen-bond acceptors (Lipinski definition) is 2. The largest absolute Gasteiger partial charge is 0.335 e. The van der Waals surface area contributed by atoms with E-state index in [0.29, 0.717) is 13.0 Å². The lowest BCUT2D eigenvalue weighted by atomic mass is 10.5. The Hall–Kier alpha value is -1.01. The highest BCUT2D eigenvalue weighted by Crippen LogP contribution is 1.71. The standard InChI is InChI=1S/C5H6NO2/c1-2-3-4-8-6-5-7/h1H,3-4H2,(H,6,7). The van der Waals surface area contributed by atoms with Crippen LogP contribution in [0.4, 0.5) is 0 Å². The van der Waals surface area contributed by atoms with E-state index in [1.54, 1.807) is 0 Å². The third kappa shape index (κ3) is 4.99. The molecule has 0 heterocycles. The summed E-state index contributed by atoms with van der Waals surface area (Å²) in [5, 5.41) is 0. The molecule has 0 saturated carbocycles. The Kier molecular flexibility index (Phi) is 5.23. The average Bonchev–Trinajstić information content (AvgIpc) is 1.81. The molecule has 0 aromatic heterocycles. The maximum atomic E-state index is 9.36. The molecule has 0 rings (SSSR count). The van der Waals surface area contributed by atoms with Crippen LogP contribution in [-0.2, 0) is 9.63 Å². The highest BCUT2D eigenvalue weighted by atomic mass is 16.6. The highest BCUT2D eigenvalue weighted by Gasteiger charge is 1.78. The van der Waals surface area contributed by atoms with Gasteiger partial charge in [-0.3, -0.25) is 9.63 Å². The van der Waals surface area contributed by atoms with Gasteiger partial charge in [0.15, 0.2) is 0 Å². The lowest BCUT2D eigenvalue weighted by Gasteiger charge is -1.92.